The second-order valence-electron chi connectivity index (χ2n) is 6.41. The molecular weight excluding hydrogens is 340 g/mol. The van der Waals surface area contributed by atoms with E-state index in [9.17, 15) is 4.79 Å². The zero-order valence-corrected chi connectivity index (χ0v) is 14.8. The maximum absolute atomic E-state index is 12.4. The van der Waals surface area contributed by atoms with Gasteiger partial charge in [0.05, 0.1) is 12.6 Å². The molecule has 1 aromatic heterocycles. The lowest BCUT2D eigenvalue weighted by atomic mass is 10.1. The molecule has 2 aliphatic heterocycles. The standard InChI is InChI=1S/C18H22N4O2.ClH/c23-18(16-7-9-22(21-16)15-4-1-8-19-12-15)20-14-5-6-17-13(11-14)3-2-10-24-17;/h5-7,9,11,15,19H,1-4,8,10,12H2,(H,20,23);1H. The van der Waals surface area contributed by atoms with Crippen molar-refractivity contribution < 1.29 is 9.53 Å². The first kappa shape index (κ1) is 17.8. The molecule has 1 atom stereocenters. The maximum atomic E-state index is 12.4. The van der Waals surface area contributed by atoms with Gasteiger partial charge in [-0.3, -0.25) is 9.48 Å². The molecule has 1 unspecified atom stereocenters. The van der Waals surface area contributed by atoms with Crippen LogP contribution in [0.3, 0.4) is 0 Å². The fourth-order valence-corrected chi connectivity index (χ4v) is 3.35. The summed E-state index contributed by atoms with van der Waals surface area (Å²) in [7, 11) is 0. The molecule has 7 heteroatoms. The van der Waals surface area contributed by atoms with Gasteiger partial charge >= 0.3 is 0 Å². The summed E-state index contributed by atoms with van der Waals surface area (Å²) < 4.78 is 7.51. The number of aryl methyl sites for hydroxylation is 1. The van der Waals surface area contributed by atoms with Gasteiger partial charge in [-0.2, -0.15) is 5.10 Å². The van der Waals surface area contributed by atoms with Crippen molar-refractivity contribution in [1.29, 1.82) is 0 Å². The van der Waals surface area contributed by atoms with Crippen molar-refractivity contribution in [3.63, 3.8) is 0 Å². The number of amides is 1. The maximum Gasteiger partial charge on any atom is 0.276 e. The molecule has 6 nitrogen and oxygen atoms in total. The van der Waals surface area contributed by atoms with Crippen LogP contribution in [0.1, 0.15) is 41.4 Å². The van der Waals surface area contributed by atoms with Crippen molar-refractivity contribution in [2.24, 2.45) is 0 Å². The van der Waals surface area contributed by atoms with Crippen LogP contribution in [-0.2, 0) is 6.42 Å². The first-order valence-corrected chi connectivity index (χ1v) is 8.62. The lowest BCUT2D eigenvalue weighted by Gasteiger charge is -2.22. The topological polar surface area (TPSA) is 68.2 Å². The number of piperidine rings is 1. The van der Waals surface area contributed by atoms with Gasteiger partial charge in [-0.1, -0.05) is 0 Å². The Balaban J connectivity index is 0.00000182. The summed E-state index contributed by atoms with van der Waals surface area (Å²) in [4.78, 5) is 12.4. The number of nitrogens with one attached hydrogen (secondary N) is 2. The average Bonchev–Trinajstić information content (AvgIpc) is 3.13. The molecule has 0 radical (unpaired) electrons. The van der Waals surface area contributed by atoms with E-state index in [0.29, 0.717) is 11.7 Å². The van der Waals surface area contributed by atoms with Gasteiger partial charge in [0.1, 0.15) is 5.75 Å². The largest absolute Gasteiger partial charge is 0.493 e. The number of benzene rings is 1. The number of aromatic nitrogens is 2. The van der Waals surface area contributed by atoms with Crippen LogP contribution in [0.15, 0.2) is 30.5 Å². The summed E-state index contributed by atoms with van der Waals surface area (Å²) in [6.45, 7) is 2.74. The highest BCUT2D eigenvalue weighted by atomic mass is 35.5. The van der Waals surface area contributed by atoms with Crippen molar-refractivity contribution in [1.82, 2.24) is 15.1 Å². The summed E-state index contributed by atoms with van der Waals surface area (Å²) in [5, 5.41) is 10.8. The van der Waals surface area contributed by atoms with Gasteiger partial charge in [0.2, 0.25) is 0 Å². The Morgan fingerprint density at radius 2 is 2.24 bits per heavy atom. The van der Waals surface area contributed by atoms with E-state index < -0.39 is 0 Å². The Morgan fingerprint density at radius 3 is 3.08 bits per heavy atom. The van der Waals surface area contributed by atoms with Crippen LogP contribution >= 0.6 is 12.4 Å². The molecule has 1 saturated heterocycles. The molecule has 0 spiro atoms. The minimum absolute atomic E-state index is 0. The Kier molecular flexibility index (Phi) is 5.60. The van der Waals surface area contributed by atoms with Gasteiger partial charge < -0.3 is 15.4 Å². The van der Waals surface area contributed by atoms with Gasteiger partial charge in [-0.25, -0.2) is 0 Å². The van der Waals surface area contributed by atoms with Crippen molar-refractivity contribution in [2.45, 2.75) is 31.7 Å². The molecule has 1 fully saturated rings. The second-order valence-corrected chi connectivity index (χ2v) is 6.41. The lowest BCUT2D eigenvalue weighted by molar-refractivity contribution is 0.102. The third-order valence-electron chi connectivity index (χ3n) is 4.65. The van der Waals surface area contributed by atoms with Gasteiger partial charge in [-0.05, 0) is 62.1 Å². The number of hydrogen-bond acceptors (Lipinski definition) is 4. The first-order valence-electron chi connectivity index (χ1n) is 8.62. The first-order chi connectivity index (χ1) is 11.8. The number of halogens is 1. The summed E-state index contributed by atoms with van der Waals surface area (Å²) >= 11 is 0. The molecule has 0 bridgehead atoms. The van der Waals surface area contributed by atoms with E-state index in [1.807, 2.05) is 29.1 Å². The van der Waals surface area contributed by atoms with E-state index in [4.69, 9.17) is 4.74 Å². The molecule has 25 heavy (non-hydrogen) atoms. The van der Waals surface area contributed by atoms with E-state index in [1.165, 1.54) is 0 Å². The normalized spacial score (nSPS) is 19.3. The Bertz CT molecular complexity index is 740. The van der Waals surface area contributed by atoms with Crippen LogP contribution in [0.5, 0.6) is 5.75 Å². The molecule has 3 heterocycles. The highest BCUT2D eigenvalue weighted by Crippen LogP contribution is 2.27. The molecule has 2 N–H and O–H groups in total. The summed E-state index contributed by atoms with van der Waals surface area (Å²) in [5.74, 6) is 0.752. The number of rotatable bonds is 3. The zero-order valence-electron chi connectivity index (χ0n) is 14.0. The smallest absolute Gasteiger partial charge is 0.276 e. The van der Waals surface area contributed by atoms with E-state index in [-0.39, 0.29) is 18.3 Å². The lowest BCUT2D eigenvalue weighted by Crippen LogP contribution is -2.32. The van der Waals surface area contributed by atoms with Gasteiger partial charge in [0.25, 0.3) is 5.91 Å². The number of ether oxygens (including phenoxy) is 1. The van der Waals surface area contributed by atoms with Crippen LogP contribution in [0, 0.1) is 0 Å². The number of anilines is 1. The van der Waals surface area contributed by atoms with Gasteiger partial charge in [0, 0.05) is 18.4 Å². The SMILES string of the molecule is Cl.O=C(Nc1ccc2c(c1)CCCO2)c1ccn(C2CCCNC2)n1. The highest BCUT2D eigenvalue weighted by molar-refractivity contribution is 6.02. The van der Waals surface area contributed by atoms with Crippen LogP contribution in [0.4, 0.5) is 5.69 Å². The van der Waals surface area contributed by atoms with E-state index in [1.54, 1.807) is 6.07 Å². The number of nitrogens with zero attached hydrogens (tertiary/aromatic N) is 2. The van der Waals surface area contributed by atoms with E-state index in [0.717, 1.165) is 62.4 Å². The number of carbonyl (C=O) groups excluding carboxylic acids is 1. The minimum Gasteiger partial charge on any atom is -0.493 e. The fourth-order valence-electron chi connectivity index (χ4n) is 3.35. The molecule has 1 amide bonds. The third-order valence-corrected chi connectivity index (χ3v) is 4.65. The van der Waals surface area contributed by atoms with Crippen LogP contribution in [0.25, 0.3) is 0 Å². The Labute approximate surface area is 153 Å². The van der Waals surface area contributed by atoms with Crippen molar-refractivity contribution in [3.8, 4) is 5.75 Å². The quantitative estimate of drug-likeness (QED) is 0.881. The summed E-state index contributed by atoms with van der Waals surface area (Å²) in [5.41, 5.74) is 2.39. The Morgan fingerprint density at radius 1 is 1.32 bits per heavy atom. The van der Waals surface area contributed by atoms with Gasteiger partial charge in [0.15, 0.2) is 5.69 Å². The Hall–Kier alpha value is -2.05. The van der Waals surface area contributed by atoms with Crippen LogP contribution in [-0.4, -0.2) is 35.4 Å². The molecule has 2 aromatic rings. The number of fused-ring (bicyclic) bond motifs is 1. The minimum atomic E-state index is -0.172. The molecule has 0 saturated carbocycles. The fraction of sp³-hybridized carbons (Fsp3) is 0.444. The molecule has 4 rings (SSSR count). The predicted octanol–water partition coefficient (Wildman–Crippen LogP) is 2.81. The van der Waals surface area contributed by atoms with Crippen molar-refractivity contribution in [3.05, 3.63) is 41.7 Å². The molecule has 1 aromatic carbocycles. The summed E-state index contributed by atoms with van der Waals surface area (Å²) in [6.07, 6.45) is 6.14. The molecule has 134 valence electrons. The molecular formula is C18H23ClN4O2. The van der Waals surface area contributed by atoms with Gasteiger partial charge in [-0.15, -0.1) is 12.4 Å². The van der Waals surface area contributed by atoms with E-state index >= 15 is 0 Å². The van der Waals surface area contributed by atoms with Crippen LogP contribution in [0.2, 0.25) is 0 Å². The number of carbonyl (C=O) groups is 1. The zero-order chi connectivity index (χ0) is 16.4. The van der Waals surface area contributed by atoms with Crippen LogP contribution < -0.4 is 15.4 Å². The summed E-state index contributed by atoms with van der Waals surface area (Å²) in [6, 6.07) is 7.92. The second kappa shape index (κ2) is 7.89. The highest BCUT2D eigenvalue weighted by Gasteiger charge is 2.18. The average molecular weight is 363 g/mol. The molecule has 0 aliphatic carbocycles. The third kappa shape index (κ3) is 3.96. The number of hydrogen-bond donors (Lipinski definition) is 2. The molecule has 2 aliphatic rings. The van der Waals surface area contributed by atoms with Crippen molar-refractivity contribution >= 4 is 24.0 Å². The van der Waals surface area contributed by atoms with Crippen molar-refractivity contribution in [2.75, 3.05) is 25.0 Å². The predicted molar refractivity (Wildman–Crippen MR) is 98.8 cm³/mol. The van der Waals surface area contributed by atoms with E-state index in [2.05, 4.69) is 15.7 Å². The monoisotopic (exact) mass is 362 g/mol.